The lowest BCUT2D eigenvalue weighted by molar-refractivity contribution is -0.337. The molecule has 1 unspecified atom stereocenters. The average Bonchev–Trinajstić information content (AvgIpc) is 0.752. The Hall–Kier alpha value is -10.2. The van der Waals surface area contributed by atoms with E-state index in [1.54, 1.807) is 13.8 Å². The van der Waals surface area contributed by atoms with E-state index >= 15 is 28.8 Å². The second-order valence-corrected chi connectivity index (χ2v) is 42.5. The lowest BCUT2D eigenvalue weighted by atomic mass is 9.78. The van der Waals surface area contributed by atoms with Crippen LogP contribution in [-0.4, -0.2) is 252 Å². The molecule has 11 bridgehead atoms. The highest BCUT2D eigenvalue weighted by atomic mass is 35.5. The normalized spacial score (nSPS) is 25.4. The highest BCUT2D eigenvalue weighted by molar-refractivity contribution is 7.77. The van der Waals surface area contributed by atoms with Gasteiger partial charge in [-0.3, -0.25) is 57.3 Å². The highest BCUT2D eigenvalue weighted by Crippen LogP contribution is 2.56. The Morgan fingerprint density at radius 3 is 1.88 bits per heavy atom. The van der Waals surface area contributed by atoms with Crippen molar-refractivity contribution in [2.45, 2.75) is 240 Å². The number of amides is 8. The lowest BCUT2D eigenvalue weighted by Crippen LogP contribution is -2.67. The van der Waals surface area contributed by atoms with Gasteiger partial charge >= 0.3 is 21.4 Å². The molecular weight excluding hydrogens is 1930 g/mol. The molecule has 0 radical (unpaired) electrons. The number of carbonyl (C=O) groups is 9. The largest absolute Gasteiger partial charge is 0.524 e. The number of carboxylic acid groups (broad SMARTS) is 1. The molecule has 7 aliphatic rings. The van der Waals surface area contributed by atoms with Crippen molar-refractivity contribution < 1.29 is 165 Å². The summed E-state index contributed by atoms with van der Waals surface area (Å²) in [6.45, 7) is 10.4. The molecule has 6 aromatic carbocycles. The smallest absolute Gasteiger partial charge is 0.508 e. The summed E-state index contributed by atoms with van der Waals surface area (Å²) in [4.78, 5) is 187. The highest BCUT2D eigenvalue weighted by Gasteiger charge is 2.55. The second kappa shape index (κ2) is 45.8. The number of ether oxygens (including phenoxy) is 6. The minimum absolute atomic E-state index is 0.0124. The van der Waals surface area contributed by atoms with Gasteiger partial charge in [-0.25, -0.2) is 9.36 Å². The summed E-state index contributed by atoms with van der Waals surface area (Å²) in [6.07, 6.45) is -14.8. The number of aliphatic hydroxyl groups excluding tert-OH is 6. The first-order chi connectivity index (χ1) is 65.2. The summed E-state index contributed by atoms with van der Waals surface area (Å²) in [7, 11) is -14.3. The third-order valence-corrected chi connectivity index (χ3v) is 29.7. The molecule has 7 heterocycles. The zero-order valence-electron chi connectivity index (χ0n) is 76.7. The van der Waals surface area contributed by atoms with E-state index in [1.165, 1.54) is 45.7 Å². The molecule has 0 saturated carbocycles. The fraction of sp³-hybridized carbons (Fsp3) is 0.500. The molecule has 2 fully saturated rings. The van der Waals surface area contributed by atoms with Crippen molar-refractivity contribution in [3.05, 3.63) is 140 Å². The minimum atomic E-state index is -5.50. The van der Waals surface area contributed by atoms with E-state index in [9.17, 15) is 104 Å². The molecule has 139 heavy (non-hydrogen) atoms. The maximum absolute atomic E-state index is 16.4. The maximum atomic E-state index is 16.4. The number of hydrogen-bond donors (Lipinski definition) is 24. The number of phosphoric acid groups is 1. The number of rotatable bonds is 34. The molecule has 6 aromatic rings. The number of nitrogens with one attached hydrogen (secondary N) is 8. The zero-order valence-corrected chi connectivity index (χ0v) is 80.9. The number of nitrogens with two attached hydrogens (primary N) is 1. The van der Waals surface area contributed by atoms with Crippen molar-refractivity contribution in [2.24, 2.45) is 11.7 Å². The van der Waals surface area contributed by atoms with E-state index in [-0.39, 0.29) is 42.1 Å². The summed E-state index contributed by atoms with van der Waals surface area (Å²) in [5.74, 6) is -20.3. The molecule has 25 N–H and O–H groups in total. The Bertz CT molecular complexity index is 5720. The summed E-state index contributed by atoms with van der Waals surface area (Å²) in [6, 6.07) is 0.726. The van der Waals surface area contributed by atoms with E-state index < -0.39 is 317 Å². The fourth-order valence-corrected chi connectivity index (χ4v) is 21.6. The molecule has 0 aromatic heterocycles. The summed E-state index contributed by atoms with van der Waals surface area (Å²) in [5.41, 5.74) is -1.48. The van der Waals surface area contributed by atoms with Gasteiger partial charge < -0.3 is 152 Å². The summed E-state index contributed by atoms with van der Waals surface area (Å²) in [5, 5.41) is 138. The van der Waals surface area contributed by atoms with Gasteiger partial charge in [0.15, 0.2) is 29.9 Å². The van der Waals surface area contributed by atoms with E-state index in [2.05, 4.69) is 49.5 Å². The monoisotopic (exact) mass is 2040 g/mol. The van der Waals surface area contributed by atoms with Gasteiger partial charge in [0.25, 0.3) is 0 Å². The molecule has 0 spiro atoms. The number of aromatic hydroxyl groups is 3. The number of hydrogen-bond acceptors (Lipinski definition) is 30. The van der Waals surface area contributed by atoms with Crippen molar-refractivity contribution in [3.63, 3.8) is 0 Å². The first-order valence-electron chi connectivity index (χ1n) is 44.7. The number of phosphoric ester groups is 1. The van der Waals surface area contributed by atoms with Gasteiger partial charge in [-0.1, -0.05) is 121 Å². The van der Waals surface area contributed by atoms with Crippen LogP contribution < -0.4 is 72.3 Å². The molecule has 49 heteroatoms. The van der Waals surface area contributed by atoms with Gasteiger partial charge in [-0.05, 0) is 141 Å². The molecule has 0 aliphatic carbocycles. The number of phenols is 3. The molecule has 19 atom stereocenters. The number of benzene rings is 6. The van der Waals surface area contributed by atoms with E-state index in [1.807, 2.05) is 0 Å². The van der Waals surface area contributed by atoms with Crippen LogP contribution in [0.3, 0.4) is 0 Å². The Morgan fingerprint density at radius 2 is 1.29 bits per heavy atom. The number of aliphatic carboxylic acids is 1. The first kappa shape index (κ1) is 109. The standard InChI is InChI=1S/C90H117Cl2N10O34P3/c1-9-10-11-12-13-14-15-16-25-95-26-27-102(66(108)38-89(5,6)52-36-49(137(122,123)41-138(124,125)126)20-24-59(52)136-139(127,128)129)90(7)39-67(130-43(4)80(90)113)134-79-77(112)76(111)64(40-103)133-88(79)135-78-62-32-47-33-63(78)132-61-23-19-46(31-54(61)92)75(110)73-86(119)99-71(87(120)121)51-34-48(104)35-58(106)68(51)50-29-44(17-21-57(50)105)69(83(116)101-73)98-84(117)70(47)97-82(115)56(37-65(93)107)96-85(118)72(100-81(114)55(94-8)28-42(2)3)74(109)45-18-22-60(131-62)53(91)30-45/h17-24,29-36,42-43,55-56,64,67,69-77,79-80,88,94-95,103-106,109-113H,9-16,25-28,37-41H2,1-8H3,(H2,93,107)(H,96,118)(H,97,115)(H,98,117)(H,99,119)(H,100,114)(H,101,116)(H,120,121)(H,122,123)(H2,124,125,126)(H2,127,128,129)/t43-,55+,56-,64+,67-,69+,70+,71-,72+,73-,74+,75+,76+,77-,79+,80+,88-,90-/m0/s1. The zero-order chi connectivity index (χ0) is 102. The van der Waals surface area contributed by atoms with Gasteiger partial charge in [0, 0.05) is 65.0 Å². The van der Waals surface area contributed by atoms with E-state index in [4.69, 9.17) is 61.9 Å². The van der Waals surface area contributed by atoms with Crippen LogP contribution >= 0.6 is 46.0 Å². The predicted molar refractivity (Wildman–Crippen MR) is 495 cm³/mol. The van der Waals surface area contributed by atoms with Crippen molar-refractivity contribution in [1.82, 2.24) is 47.4 Å². The van der Waals surface area contributed by atoms with Crippen molar-refractivity contribution in [1.29, 1.82) is 0 Å². The molecule has 44 nitrogen and oxygen atoms in total. The third-order valence-electron chi connectivity index (χ3n) is 24.6. The van der Waals surface area contributed by atoms with E-state index in [0.29, 0.717) is 13.0 Å². The van der Waals surface area contributed by atoms with E-state index in [0.717, 1.165) is 136 Å². The molecule has 13 rings (SSSR count). The number of phenolic OH excluding ortho intramolecular Hbond substituents is 3. The predicted octanol–water partition coefficient (Wildman–Crippen LogP) is 4.58. The van der Waals surface area contributed by atoms with Crippen LogP contribution in [0.4, 0.5) is 0 Å². The van der Waals surface area contributed by atoms with Crippen molar-refractivity contribution >= 4 is 105 Å². The Kier molecular flexibility index (Phi) is 36.0. The Morgan fingerprint density at radius 1 is 0.683 bits per heavy atom. The molecule has 8 amide bonds. The number of likely N-dealkylation sites (N-methyl/N-ethyl adjacent to an activating group) is 1. The topological polar surface area (TPSA) is 698 Å². The van der Waals surface area contributed by atoms with Gasteiger partial charge in [0.05, 0.1) is 40.8 Å². The van der Waals surface area contributed by atoms with Crippen molar-refractivity contribution in [2.75, 3.05) is 39.2 Å². The Balaban J connectivity index is 1.10. The lowest BCUT2D eigenvalue weighted by Gasteiger charge is -2.52. The fourth-order valence-electron chi connectivity index (χ4n) is 17.4. The number of nitrogens with zero attached hydrogens (tertiary/aromatic N) is 1. The molecule has 760 valence electrons. The quantitative estimate of drug-likeness (QED) is 0.0194. The van der Waals surface area contributed by atoms with Crippen LogP contribution in [-0.2, 0) is 76.5 Å². The van der Waals surface area contributed by atoms with Gasteiger partial charge in [-0.2, -0.15) is 0 Å². The van der Waals surface area contributed by atoms with Crippen LogP contribution in [0, 0.1) is 5.92 Å². The van der Waals surface area contributed by atoms with Crippen LogP contribution in [0.25, 0.3) is 11.1 Å². The number of carbonyl (C=O) groups excluding carboxylic acids is 8. The number of unbranched alkanes of at least 4 members (excludes halogenated alkanes) is 7. The SMILES string of the molecule is CCCCCCCCCCNCCN(C(=O)CC(C)(C)c1cc(P(=O)(O)CP(=O)(O)O)ccc1OP(=O)(O)O)[C@@]1(C)C[C@H](O[C@H]2[C@H](Oc3c4cc5cc3Oc3ccc(cc3Cl)[C@@H](O)[C@@H](NC(=O)[C@@H](CC(C)C)NC)C(=O)N[C@@H](CC(N)=O)C(=O)N[C@H]5C(=O)N[C@H]3C(=O)N[C@H](C(=O)N[C@H](C(=O)O)c5cc(O)cc(O)c5-c5cc3ccc5O)[C@H](O)c3ccc(c(Cl)c3)O4)O[C@H](CO)[C@@H](O)[C@@H]2O)O[C@@H](C)[C@H]1O. The van der Waals surface area contributed by atoms with Gasteiger partial charge in [0.1, 0.15) is 107 Å². The summed E-state index contributed by atoms with van der Waals surface area (Å²) < 4.78 is 83.6. The molecule has 7 aliphatic heterocycles. The number of primary amides is 1. The van der Waals surface area contributed by atoms with Gasteiger partial charge in [-0.15, -0.1) is 0 Å². The number of halogens is 2. The van der Waals surface area contributed by atoms with Gasteiger partial charge in [0.2, 0.25) is 66.7 Å². The second-order valence-electron chi connectivity index (χ2n) is 36.2. The van der Waals surface area contributed by atoms with Crippen LogP contribution in [0.1, 0.15) is 189 Å². The first-order valence-corrected chi connectivity index (χ1v) is 50.6. The Labute approximate surface area is 807 Å². The van der Waals surface area contributed by atoms with Crippen LogP contribution in [0.2, 0.25) is 10.0 Å². The number of aliphatic hydroxyl groups is 6. The van der Waals surface area contributed by atoms with Crippen molar-refractivity contribution in [3.8, 4) is 62.9 Å². The molecular formula is C90H117Cl2N10O34P3. The average molecular weight is 2050 g/mol. The molecule has 2 saturated heterocycles. The van der Waals surface area contributed by atoms with Crippen LogP contribution in [0.15, 0.2) is 97.1 Å². The maximum Gasteiger partial charge on any atom is 0.524 e. The number of carboxylic acids is 1. The summed E-state index contributed by atoms with van der Waals surface area (Å²) >= 11 is 14.4. The number of fused-ring (bicyclic) bond motifs is 15. The van der Waals surface area contributed by atoms with Crippen LogP contribution in [0.5, 0.6) is 51.7 Å². The third kappa shape index (κ3) is 26.6. The minimum Gasteiger partial charge on any atom is -0.508 e.